The lowest BCUT2D eigenvalue weighted by molar-refractivity contribution is -0.142. The van der Waals surface area contributed by atoms with Crippen molar-refractivity contribution in [3.63, 3.8) is 0 Å². The van der Waals surface area contributed by atoms with Gasteiger partial charge in [0.05, 0.1) is 17.1 Å². The highest BCUT2D eigenvalue weighted by atomic mass is 35.5. The number of nitrogens with zero attached hydrogens (tertiary/aromatic N) is 2. The molecule has 2 N–H and O–H groups in total. The minimum atomic E-state index is -1.02. The fraction of sp³-hybridized carbons (Fsp3) is 0.400. The lowest BCUT2D eigenvalue weighted by Crippen LogP contribution is -2.42. The van der Waals surface area contributed by atoms with E-state index in [9.17, 15) is 9.59 Å². The molecule has 1 amide bonds. The van der Waals surface area contributed by atoms with Gasteiger partial charge in [0, 0.05) is 12.4 Å². The van der Waals surface area contributed by atoms with E-state index in [1.165, 1.54) is 0 Å². The van der Waals surface area contributed by atoms with Crippen LogP contribution in [0.1, 0.15) is 26.0 Å². The van der Waals surface area contributed by atoms with Crippen LogP contribution in [0.5, 0.6) is 0 Å². The number of carbonyl (C=O) groups excluding carboxylic acids is 1. The number of carboxylic acid groups (broad SMARTS) is 1. The Morgan fingerprint density at radius 3 is 2.73 bits per heavy atom. The van der Waals surface area contributed by atoms with E-state index in [2.05, 4.69) is 10.3 Å². The zero-order chi connectivity index (χ0) is 16.3. The number of carbonyl (C=O) groups is 2. The third-order valence-corrected chi connectivity index (χ3v) is 3.37. The highest BCUT2D eigenvalue weighted by Gasteiger charge is 2.21. The van der Waals surface area contributed by atoms with Crippen LogP contribution in [0.25, 0.3) is 5.65 Å². The first-order chi connectivity index (χ1) is 10.3. The second-order valence-corrected chi connectivity index (χ2v) is 6.05. The Labute approximate surface area is 133 Å². The van der Waals surface area contributed by atoms with Crippen molar-refractivity contribution in [2.75, 3.05) is 0 Å². The molecule has 0 radical (unpaired) electrons. The molecule has 7 heteroatoms. The van der Waals surface area contributed by atoms with E-state index in [0.29, 0.717) is 22.8 Å². The summed E-state index contributed by atoms with van der Waals surface area (Å²) < 4.78 is 1.73. The summed E-state index contributed by atoms with van der Waals surface area (Å²) in [5.41, 5.74) is 1.25. The molecule has 0 spiro atoms. The van der Waals surface area contributed by atoms with E-state index in [4.69, 9.17) is 16.7 Å². The Kier molecular flexibility index (Phi) is 5.03. The zero-order valence-electron chi connectivity index (χ0n) is 12.4. The molecule has 1 atom stereocenters. The maximum absolute atomic E-state index is 12.0. The number of pyridine rings is 1. The maximum Gasteiger partial charge on any atom is 0.326 e. The second kappa shape index (κ2) is 6.79. The van der Waals surface area contributed by atoms with E-state index in [1.54, 1.807) is 28.9 Å². The number of rotatable bonds is 6. The number of amides is 1. The molecule has 0 saturated heterocycles. The van der Waals surface area contributed by atoms with E-state index in [1.807, 2.05) is 13.8 Å². The molecule has 0 aliphatic rings. The number of fused-ring (bicyclic) bond motifs is 1. The quantitative estimate of drug-likeness (QED) is 0.853. The molecule has 0 aliphatic carbocycles. The third-order valence-electron chi connectivity index (χ3n) is 3.15. The molecule has 0 aromatic carbocycles. The van der Waals surface area contributed by atoms with Gasteiger partial charge in [-0.2, -0.15) is 0 Å². The molecule has 6 nitrogen and oxygen atoms in total. The van der Waals surface area contributed by atoms with Crippen LogP contribution in [0.2, 0.25) is 5.02 Å². The van der Waals surface area contributed by atoms with Gasteiger partial charge in [-0.3, -0.25) is 4.79 Å². The number of imidazole rings is 1. The minimum Gasteiger partial charge on any atom is -0.480 e. The summed E-state index contributed by atoms with van der Waals surface area (Å²) in [7, 11) is 0. The number of hydrogen-bond acceptors (Lipinski definition) is 3. The Bertz CT molecular complexity index is 696. The van der Waals surface area contributed by atoms with Gasteiger partial charge >= 0.3 is 5.97 Å². The number of nitrogens with one attached hydrogen (secondary N) is 1. The van der Waals surface area contributed by atoms with Crippen LogP contribution in [0.15, 0.2) is 24.5 Å². The van der Waals surface area contributed by atoms with Crippen LogP contribution in [-0.2, 0) is 16.0 Å². The van der Waals surface area contributed by atoms with E-state index >= 15 is 0 Å². The van der Waals surface area contributed by atoms with E-state index < -0.39 is 12.0 Å². The number of carboxylic acids is 1. The molecule has 2 aromatic heterocycles. The molecule has 0 saturated carbocycles. The summed E-state index contributed by atoms with van der Waals surface area (Å²) in [5.74, 6) is -1.20. The Balaban J connectivity index is 2.04. The molecule has 118 valence electrons. The molecule has 0 aliphatic heterocycles. The Morgan fingerprint density at radius 1 is 1.36 bits per heavy atom. The summed E-state index contributed by atoms with van der Waals surface area (Å²) in [5, 5.41) is 12.2. The molecule has 1 unspecified atom stereocenters. The van der Waals surface area contributed by atoms with Crippen LogP contribution in [0.4, 0.5) is 0 Å². The van der Waals surface area contributed by atoms with Gasteiger partial charge in [0.15, 0.2) is 0 Å². The summed E-state index contributed by atoms with van der Waals surface area (Å²) in [6.45, 7) is 3.82. The van der Waals surface area contributed by atoms with Crippen molar-refractivity contribution >= 4 is 29.1 Å². The van der Waals surface area contributed by atoms with E-state index in [0.717, 1.165) is 0 Å². The monoisotopic (exact) mass is 323 g/mol. The first kappa shape index (κ1) is 16.3. The Hall–Kier alpha value is -2.08. The van der Waals surface area contributed by atoms with Crippen LogP contribution in [-0.4, -0.2) is 32.4 Å². The number of aromatic nitrogens is 2. The Morgan fingerprint density at radius 2 is 2.09 bits per heavy atom. The lowest BCUT2D eigenvalue weighted by Gasteiger charge is -2.16. The molecule has 2 heterocycles. The third kappa shape index (κ3) is 4.21. The van der Waals surface area contributed by atoms with Gasteiger partial charge in [0.2, 0.25) is 5.91 Å². The average Bonchev–Trinajstić information content (AvgIpc) is 2.78. The van der Waals surface area contributed by atoms with Crippen LogP contribution in [0.3, 0.4) is 0 Å². The van der Waals surface area contributed by atoms with Gasteiger partial charge in [-0.15, -0.1) is 0 Å². The van der Waals surface area contributed by atoms with Gasteiger partial charge in [0.1, 0.15) is 11.7 Å². The maximum atomic E-state index is 12.0. The lowest BCUT2D eigenvalue weighted by atomic mass is 10.0. The minimum absolute atomic E-state index is 0.0289. The molecule has 0 fully saturated rings. The first-order valence-electron chi connectivity index (χ1n) is 7.00. The number of halogens is 1. The highest BCUT2D eigenvalue weighted by molar-refractivity contribution is 6.30. The molecule has 2 aromatic rings. The first-order valence-corrected chi connectivity index (χ1v) is 7.38. The molecular weight excluding hydrogens is 306 g/mol. The van der Waals surface area contributed by atoms with Crippen molar-refractivity contribution in [1.29, 1.82) is 0 Å². The summed E-state index contributed by atoms with van der Waals surface area (Å²) in [6, 6.07) is 2.60. The van der Waals surface area contributed by atoms with Gasteiger partial charge < -0.3 is 14.8 Å². The second-order valence-electron chi connectivity index (χ2n) is 5.61. The normalized spacial score (nSPS) is 12.5. The predicted molar refractivity (Wildman–Crippen MR) is 82.9 cm³/mol. The van der Waals surface area contributed by atoms with Crippen molar-refractivity contribution in [2.45, 2.75) is 32.7 Å². The van der Waals surface area contributed by atoms with Crippen molar-refractivity contribution < 1.29 is 14.7 Å². The SMILES string of the molecule is CC(C)CC(NC(=O)Cc1cn2cc(Cl)ccc2n1)C(=O)O. The molecular formula is C15H18ClN3O3. The average molecular weight is 324 g/mol. The largest absolute Gasteiger partial charge is 0.480 e. The van der Waals surface area contributed by atoms with E-state index in [-0.39, 0.29) is 18.2 Å². The zero-order valence-corrected chi connectivity index (χ0v) is 13.2. The van der Waals surface area contributed by atoms with Crippen LogP contribution < -0.4 is 5.32 Å². The van der Waals surface area contributed by atoms with Crippen LogP contribution >= 0.6 is 11.6 Å². The van der Waals surface area contributed by atoms with Gasteiger partial charge in [-0.05, 0) is 24.5 Å². The standard InChI is InChI=1S/C15H18ClN3O3/c1-9(2)5-12(15(21)22)18-14(20)6-11-8-19-7-10(16)3-4-13(19)17-11/h3-4,7-9,12H,5-6H2,1-2H3,(H,18,20)(H,21,22). The number of aliphatic carboxylic acids is 1. The number of hydrogen-bond donors (Lipinski definition) is 2. The molecule has 0 bridgehead atoms. The molecule has 22 heavy (non-hydrogen) atoms. The molecule has 2 rings (SSSR count). The highest BCUT2D eigenvalue weighted by Crippen LogP contribution is 2.12. The smallest absolute Gasteiger partial charge is 0.326 e. The fourth-order valence-electron chi connectivity index (χ4n) is 2.21. The van der Waals surface area contributed by atoms with Gasteiger partial charge in [0.25, 0.3) is 0 Å². The topological polar surface area (TPSA) is 83.7 Å². The van der Waals surface area contributed by atoms with Crippen molar-refractivity contribution in [1.82, 2.24) is 14.7 Å². The summed E-state index contributed by atoms with van der Waals surface area (Å²) >= 11 is 5.89. The predicted octanol–water partition coefficient (Wildman–Crippen LogP) is 2.15. The summed E-state index contributed by atoms with van der Waals surface area (Å²) in [4.78, 5) is 27.5. The van der Waals surface area contributed by atoms with Gasteiger partial charge in [-0.1, -0.05) is 25.4 Å². The van der Waals surface area contributed by atoms with Gasteiger partial charge in [-0.25, -0.2) is 9.78 Å². The van der Waals surface area contributed by atoms with Crippen molar-refractivity contribution in [2.24, 2.45) is 5.92 Å². The fourth-order valence-corrected chi connectivity index (χ4v) is 2.37. The van der Waals surface area contributed by atoms with Crippen molar-refractivity contribution in [3.05, 3.63) is 35.2 Å². The summed E-state index contributed by atoms with van der Waals surface area (Å²) in [6.07, 6.45) is 3.83. The van der Waals surface area contributed by atoms with Crippen LogP contribution in [0, 0.1) is 5.92 Å². The van der Waals surface area contributed by atoms with Crippen molar-refractivity contribution in [3.8, 4) is 0 Å².